The second-order valence-corrected chi connectivity index (χ2v) is 3.80. The van der Waals surface area contributed by atoms with Crippen LogP contribution >= 0.6 is 0 Å². The molecule has 0 amide bonds. The van der Waals surface area contributed by atoms with Crippen molar-refractivity contribution in [3.05, 3.63) is 29.6 Å². The quantitative estimate of drug-likeness (QED) is 0.849. The molecule has 0 aromatic heterocycles. The van der Waals surface area contributed by atoms with Gasteiger partial charge in [0, 0.05) is 11.6 Å². The van der Waals surface area contributed by atoms with Crippen LogP contribution in [0, 0.1) is 5.82 Å². The lowest BCUT2D eigenvalue weighted by molar-refractivity contribution is -0.0495. The fraction of sp³-hybridized carbons (Fsp3) is 0.333. The zero-order valence-electron chi connectivity index (χ0n) is 9.46. The van der Waals surface area contributed by atoms with Gasteiger partial charge < -0.3 is 15.2 Å². The van der Waals surface area contributed by atoms with E-state index in [4.69, 9.17) is 10.5 Å². The SMILES string of the molecule is Nc1cc(F)cc(C2=CCOCC2)c1OC(F)F. The van der Waals surface area contributed by atoms with Crippen LogP contribution in [0.5, 0.6) is 5.75 Å². The number of halogens is 3. The van der Waals surface area contributed by atoms with E-state index in [9.17, 15) is 13.2 Å². The van der Waals surface area contributed by atoms with Gasteiger partial charge in [-0.3, -0.25) is 0 Å². The maximum atomic E-state index is 13.3. The molecule has 1 aliphatic heterocycles. The molecule has 18 heavy (non-hydrogen) atoms. The standard InChI is InChI=1S/C12H12F3NO2/c13-8-5-9(7-1-3-17-4-2-7)11(10(16)6-8)18-12(14)15/h1,5-6,12H,2-4,16H2. The van der Waals surface area contributed by atoms with Crippen molar-refractivity contribution < 1.29 is 22.6 Å². The molecule has 0 saturated carbocycles. The lowest BCUT2D eigenvalue weighted by Crippen LogP contribution is -2.10. The van der Waals surface area contributed by atoms with E-state index in [0.29, 0.717) is 25.2 Å². The molecular formula is C12H12F3NO2. The molecule has 0 atom stereocenters. The monoisotopic (exact) mass is 259 g/mol. The largest absolute Gasteiger partial charge is 0.432 e. The molecule has 1 heterocycles. The summed E-state index contributed by atoms with van der Waals surface area (Å²) in [4.78, 5) is 0. The Morgan fingerprint density at radius 2 is 2.11 bits per heavy atom. The van der Waals surface area contributed by atoms with Crippen molar-refractivity contribution in [2.24, 2.45) is 0 Å². The maximum Gasteiger partial charge on any atom is 0.387 e. The number of hydrogen-bond donors (Lipinski definition) is 1. The summed E-state index contributed by atoms with van der Waals surface area (Å²) < 4.78 is 47.5. The molecule has 6 heteroatoms. The summed E-state index contributed by atoms with van der Waals surface area (Å²) in [6.45, 7) is -2.19. The lowest BCUT2D eigenvalue weighted by atomic mass is 9.99. The van der Waals surface area contributed by atoms with Crippen molar-refractivity contribution in [2.75, 3.05) is 18.9 Å². The first-order valence-electron chi connectivity index (χ1n) is 5.39. The molecule has 0 fully saturated rings. The fourth-order valence-corrected chi connectivity index (χ4v) is 1.85. The highest BCUT2D eigenvalue weighted by atomic mass is 19.3. The van der Waals surface area contributed by atoms with Crippen molar-refractivity contribution in [2.45, 2.75) is 13.0 Å². The van der Waals surface area contributed by atoms with Gasteiger partial charge in [0.1, 0.15) is 5.82 Å². The van der Waals surface area contributed by atoms with Crippen LogP contribution in [0.1, 0.15) is 12.0 Å². The van der Waals surface area contributed by atoms with Gasteiger partial charge in [0.2, 0.25) is 0 Å². The van der Waals surface area contributed by atoms with E-state index in [2.05, 4.69) is 4.74 Å². The minimum atomic E-state index is -3.00. The van der Waals surface area contributed by atoms with Crippen molar-refractivity contribution in [3.63, 3.8) is 0 Å². The van der Waals surface area contributed by atoms with Crippen LogP contribution in [0.4, 0.5) is 18.9 Å². The summed E-state index contributed by atoms with van der Waals surface area (Å²) in [5.74, 6) is -0.768. The zero-order chi connectivity index (χ0) is 13.1. The van der Waals surface area contributed by atoms with E-state index >= 15 is 0 Å². The Bertz CT molecular complexity index is 475. The van der Waals surface area contributed by atoms with E-state index in [-0.39, 0.29) is 17.0 Å². The Morgan fingerprint density at radius 3 is 2.72 bits per heavy atom. The number of benzene rings is 1. The number of hydrogen-bond acceptors (Lipinski definition) is 3. The first-order valence-corrected chi connectivity index (χ1v) is 5.39. The molecule has 0 bridgehead atoms. The van der Waals surface area contributed by atoms with Gasteiger partial charge in [0.25, 0.3) is 0 Å². The molecule has 0 aliphatic carbocycles. The van der Waals surface area contributed by atoms with Crippen LogP contribution in [-0.4, -0.2) is 19.8 Å². The summed E-state index contributed by atoms with van der Waals surface area (Å²) in [5, 5.41) is 0. The average Bonchev–Trinajstić information content (AvgIpc) is 2.33. The maximum absolute atomic E-state index is 13.3. The highest BCUT2D eigenvalue weighted by Crippen LogP contribution is 2.36. The van der Waals surface area contributed by atoms with Gasteiger partial charge in [-0.1, -0.05) is 6.08 Å². The van der Waals surface area contributed by atoms with E-state index in [0.717, 1.165) is 12.1 Å². The summed E-state index contributed by atoms with van der Waals surface area (Å²) >= 11 is 0. The first-order chi connectivity index (χ1) is 8.58. The van der Waals surface area contributed by atoms with Crippen molar-refractivity contribution >= 4 is 11.3 Å². The summed E-state index contributed by atoms with van der Waals surface area (Å²) in [6.07, 6.45) is 2.21. The van der Waals surface area contributed by atoms with Crippen LogP contribution in [0.15, 0.2) is 18.2 Å². The van der Waals surface area contributed by atoms with Crippen molar-refractivity contribution in [1.29, 1.82) is 0 Å². The lowest BCUT2D eigenvalue weighted by Gasteiger charge is -2.18. The van der Waals surface area contributed by atoms with Crippen LogP contribution < -0.4 is 10.5 Å². The topological polar surface area (TPSA) is 44.5 Å². The van der Waals surface area contributed by atoms with Crippen LogP contribution in [0.3, 0.4) is 0 Å². The molecule has 2 N–H and O–H groups in total. The normalized spacial score (nSPS) is 15.7. The average molecular weight is 259 g/mol. The Morgan fingerprint density at radius 1 is 1.33 bits per heavy atom. The molecule has 98 valence electrons. The van der Waals surface area contributed by atoms with Gasteiger partial charge in [-0.15, -0.1) is 0 Å². The van der Waals surface area contributed by atoms with Crippen LogP contribution in [0.25, 0.3) is 5.57 Å². The second kappa shape index (κ2) is 5.30. The highest BCUT2D eigenvalue weighted by molar-refractivity contribution is 5.76. The number of rotatable bonds is 3. The fourth-order valence-electron chi connectivity index (χ4n) is 1.85. The van der Waals surface area contributed by atoms with Gasteiger partial charge >= 0.3 is 6.61 Å². The number of nitrogens with two attached hydrogens (primary N) is 1. The predicted octanol–water partition coefficient (Wildman–Crippen LogP) is 2.81. The molecule has 0 radical (unpaired) electrons. The molecule has 1 aromatic carbocycles. The Kier molecular flexibility index (Phi) is 3.76. The predicted molar refractivity (Wildman–Crippen MR) is 60.9 cm³/mol. The first kappa shape index (κ1) is 12.8. The molecule has 1 aliphatic rings. The van der Waals surface area contributed by atoms with E-state index in [1.165, 1.54) is 0 Å². The second-order valence-electron chi connectivity index (χ2n) is 3.80. The minimum absolute atomic E-state index is 0.141. The van der Waals surface area contributed by atoms with E-state index in [1.807, 2.05) is 0 Å². The van der Waals surface area contributed by atoms with Crippen LogP contribution in [-0.2, 0) is 4.74 Å². The third-order valence-corrected chi connectivity index (χ3v) is 2.60. The Hall–Kier alpha value is -1.69. The van der Waals surface area contributed by atoms with Crippen molar-refractivity contribution in [3.8, 4) is 5.75 Å². The molecular weight excluding hydrogens is 247 g/mol. The van der Waals surface area contributed by atoms with Gasteiger partial charge in [-0.2, -0.15) is 8.78 Å². The van der Waals surface area contributed by atoms with Gasteiger partial charge in [-0.25, -0.2) is 4.39 Å². The number of alkyl halides is 2. The molecule has 0 unspecified atom stereocenters. The van der Waals surface area contributed by atoms with Gasteiger partial charge in [-0.05, 0) is 18.1 Å². The summed E-state index contributed by atoms with van der Waals surface area (Å²) in [7, 11) is 0. The summed E-state index contributed by atoms with van der Waals surface area (Å²) in [5.41, 5.74) is 6.34. The molecule has 0 spiro atoms. The number of anilines is 1. The zero-order valence-corrected chi connectivity index (χ0v) is 9.46. The highest BCUT2D eigenvalue weighted by Gasteiger charge is 2.18. The van der Waals surface area contributed by atoms with E-state index < -0.39 is 12.4 Å². The molecule has 0 saturated heterocycles. The van der Waals surface area contributed by atoms with Gasteiger partial charge in [0.05, 0.1) is 18.9 Å². The molecule has 2 rings (SSSR count). The Labute approximate surface area is 102 Å². The minimum Gasteiger partial charge on any atom is -0.432 e. The Balaban J connectivity index is 2.45. The van der Waals surface area contributed by atoms with E-state index in [1.54, 1.807) is 6.08 Å². The van der Waals surface area contributed by atoms with Crippen LogP contribution in [0.2, 0.25) is 0 Å². The number of ether oxygens (including phenoxy) is 2. The third-order valence-electron chi connectivity index (χ3n) is 2.60. The smallest absolute Gasteiger partial charge is 0.387 e. The molecule has 3 nitrogen and oxygen atoms in total. The number of nitrogen functional groups attached to an aromatic ring is 1. The van der Waals surface area contributed by atoms with Gasteiger partial charge in [0.15, 0.2) is 5.75 Å². The molecule has 1 aromatic rings. The third kappa shape index (κ3) is 2.76. The van der Waals surface area contributed by atoms with Crippen molar-refractivity contribution in [1.82, 2.24) is 0 Å². The summed E-state index contributed by atoms with van der Waals surface area (Å²) in [6, 6.07) is 2.10.